The lowest BCUT2D eigenvalue weighted by atomic mass is 10.4. The zero-order valence-corrected chi connectivity index (χ0v) is 7.08. The van der Waals surface area contributed by atoms with Crippen molar-refractivity contribution in [3.05, 3.63) is 11.0 Å². The number of carbonyl (C=O) groups is 3. The molecule has 0 aromatic carbocycles. The third-order valence-electron chi connectivity index (χ3n) is 1.46. The molecule has 0 aromatic heterocycles. The second kappa shape index (κ2) is 3.53. The van der Waals surface area contributed by atoms with Crippen molar-refractivity contribution < 1.29 is 14.4 Å². The van der Waals surface area contributed by atoms with Crippen LogP contribution >= 0.6 is 12.6 Å². The third kappa shape index (κ3) is 1.55. The maximum absolute atomic E-state index is 11.1. The van der Waals surface area contributed by atoms with Gasteiger partial charge in [0.1, 0.15) is 6.29 Å². The quantitative estimate of drug-likeness (QED) is 0.375. The second-order valence-electron chi connectivity index (χ2n) is 2.28. The Morgan fingerprint density at radius 2 is 2.17 bits per heavy atom. The van der Waals surface area contributed by atoms with Gasteiger partial charge >= 0.3 is 0 Å². The first-order valence-electron chi connectivity index (χ1n) is 3.37. The number of hydrogen-bond acceptors (Lipinski definition) is 4. The predicted molar refractivity (Wildman–Crippen MR) is 44.5 cm³/mol. The molecule has 0 radical (unpaired) electrons. The molecule has 0 aliphatic carbocycles. The molecular weight excluding hydrogens is 178 g/mol. The minimum absolute atomic E-state index is 0.130. The summed E-state index contributed by atoms with van der Waals surface area (Å²) in [5.41, 5.74) is 0. The van der Waals surface area contributed by atoms with Crippen LogP contribution in [0.15, 0.2) is 11.0 Å². The van der Waals surface area contributed by atoms with Crippen molar-refractivity contribution in [2.24, 2.45) is 0 Å². The Bertz CT molecular complexity index is 272. The van der Waals surface area contributed by atoms with Crippen LogP contribution in [0.1, 0.15) is 6.42 Å². The van der Waals surface area contributed by atoms with Gasteiger partial charge in [0.2, 0.25) is 0 Å². The molecule has 0 saturated carbocycles. The van der Waals surface area contributed by atoms with E-state index in [-0.39, 0.29) is 17.9 Å². The molecule has 1 rings (SSSR count). The van der Waals surface area contributed by atoms with Gasteiger partial charge in [-0.25, -0.2) is 0 Å². The molecule has 1 aliphatic heterocycles. The first-order valence-corrected chi connectivity index (χ1v) is 3.81. The molecule has 2 amide bonds. The number of hydrogen-bond donors (Lipinski definition) is 1. The first kappa shape index (κ1) is 8.99. The Morgan fingerprint density at radius 3 is 2.58 bits per heavy atom. The molecule has 0 saturated heterocycles. The number of carbonyl (C=O) groups excluding carboxylic acids is 3. The maximum Gasteiger partial charge on any atom is 0.267 e. The topological polar surface area (TPSA) is 54.5 Å². The molecule has 12 heavy (non-hydrogen) atoms. The Morgan fingerprint density at radius 1 is 1.50 bits per heavy atom. The van der Waals surface area contributed by atoms with Gasteiger partial charge in [-0.1, -0.05) is 0 Å². The van der Waals surface area contributed by atoms with Crippen molar-refractivity contribution in [2.45, 2.75) is 6.42 Å². The van der Waals surface area contributed by atoms with E-state index in [9.17, 15) is 14.4 Å². The first-order chi connectivity index (χ1) is 5.66. The normalized spacial score (nSPS) is 16.8. The van der Waals surface area contributed by atoms with Gasteiger partial charge in [0.15, 0.2) is 0 Å². The van der Waals surface area contributed by atoms with Crippen LogP contribution in [-0.4, -0.2) is 29.5 Å². The molecule has 0 N–H and O–H groups in total. The fourth-order valence-corrected chi connectivity index (χ4v) is 1.12. The van der Waals surface area contributed by atoms with Crippen LogP contribution in [0.4, 0.5) is 0 Å². The van der Waals surface area contributed by atoms with Crippen LogP contribution in [0.3, 0.4) is 0 Å². The van der Waals surface area contributed by atoms with E-state index >= 15 is 0 Å². The Hall–Kier alpha value is -1.10. The summed E-state index contributed by atoms with van der Waals surface area (Å²) < 4.78 is 0. The molecule has 64 valence electrons. The molecule has 0 aromatic rings. The number of thiol groups is 1. The number of imide groups is 1. The van der Waals surface area contributed by atoms with Crippen LogP contribution in [0.25, 0.3) is 0 Å². The highest BCUT2D eigenvalue weighted by Gasteiger charge is 2.28. The summed E-state index contributed by atoms with van der Waals surface area (Å²) in [4.78, 5) is 33.1. The van der Waals surface area contributed by atoms with E-state index in [1.807, 2.05) is 0 Å². The number of rotatable bonds is 3. The van der Waals surface area contributed by atoms with Crippen LogP contribution in [0, 0.1) is 0 Å². The van der Waals surface area contributed by atoms with Gasteiger partial charge in [-0.2, -0.15) is 0 Å². The molecular formula is C7H7NO3S. The fourth-order valence-electron chi connectivity index (χ4n) is 0.889. The Labute approximate surface area is 74.6 Å². The largest absolute Gasteiger partial charge is 0.303 e. The maximum atomic E-state index is 11.1. The molecule has 5 heteroatoms. The highest BCUT2D eigenvalue weighted by Crippen LogP contribution is 2.15. The monoisotopic (exact) mass is 185 g/mol. The number of nitrogens with zero attached hydrogens (tertiary/aromatic N) is 1. The van der Waals surface area contributed by atoms with Gasteiger partial charge in [0, 0.05) is 19.0 Å². The summed E-state index contributed by atoms with van der Waals surface area (Å²) in [7, 11) is 0. The van der Waals surface area contributed by atoms with E-state index in [1.54, 1.807) is 0 Å². The van der Waals surface area contributed by atoms with Crippen LogP contribution < -0.4 is 0 Å². The van der Waals surface area contributed by atoms with Crippen LogP contribution in [0.2, 0.25) is 0 Å². The highest BCUT2D eigenvalue weighted by molar-refractivity contribution is 7.85. The van der Waals surface area contributed by atoms with Crippen molar-refractivity contribution in [3.8, 4) is 0 Å². The summed E-state index contributed by atoms with van der Waals surface area (Å²) in [6.45, 7) is 0.141. The fraction of sp³-hybridized carbons (Fsp3) is 0.286. The molecule has 1 heterocycles. The van der Waals surface area contributed by atoms with Gasteiger partial charge in [-0.15, -0.1) is 12.6 Å². The zero-order chi connectivity index (χ0) is 9.14. The van der Waals surface area contributed by atoms with E-state index in [0.29, 0.717) is 6.29 Å². The SMILES string of the molecule is O=CCCN1C(=O)C=C(S)C1=O. The van der Waals surface area contributed by atoms with E-state index in [2.05, 4.69) is 12.6 Å². The van der Waals surface area contributed by atoms with E-state index in [1.165, 1.54) is 0 Å². The van der Waals surface area contributed by atoms with Crippen molar-refractivity contribution in [1.82, 2.24) is 4.90 Å². The second-order valence-corrected chi connectivity index (χ2v) is 2.76. The summed E-state index contributed by atoms with van der Waals surface area (Å²) in [6.07, 6.45) is 1.99. The third-order valence-corrected chi connectivity index (χ3v) is 1.78. The van der Waals surface area contributed by atoms with Crippen molar-refractivity contribution in [2.75, 3.05) is 6.54 Å². The predicted octanol–water partition coefficient (Wildman–Crippen LogP) is -0.242. The van der Waals surface area contributed by atoms with E-state index in [0.717, 1.165) is 11.0 Å². The smallest absolute Gasteiger partial charge is 0.267 e. The average Bonchev–Trinajstić information content (AvgIpc) is 2.25. The number of amides is 2. The molecule has 0 atom stereocenters. The van der Waals surface area contributed by atoms with E-state index < -0.39 is 11.8 Å². The minimum atomic E-state index is -0.426. The van der Waals surface area contributed by atoms with Gasteiger partial charge in [-0.05, 0) is 0 Å². The van der Waals surface area contributed by atoms with Crippen molar-refractivity contribution in [1.29, 1.82) is 0 Å². The Kier molecular flexibility index (Phi) is 2.65. The van der Waals surface area contributed by atoms with Crippen LogP contribution in [-0.2, 0) is 14.4 Å². The van der Waals surface area contributed by atoms with Gasteiger partial charge < -0.3 is 4.79 Å². The van der Waals surface area contributed by atoms with Gasteiger partial charge in [-0.3, -0.25) is 14.5 Å². The van der Waals surface area contributed by atoms with Gasteiger partial charge in [0.25, 0.3) is 11.8 Å². The van der Waals surface area contributed by atoms with E-state index in [4.69, 9.17) is 0 Å². The lowest BCUT2D eigenvalue weighted by Crippen LogP contribution is -2.31. The van der Waals surface area contributed by atoms with Crippen molar-refractivity contribution in [3.63, 3.8) is 0 Å². The molecule has 0 bridgehead atoms. The van der Waals surface area contributed by atoms with Gasteiger partial charge in [0.05, 0.1) is 4.91 Å². The zero-order valence-electron chi connectivity index (χ0n) is 6.19. The lowest BCUT2D eigenvalue weighted by molar-refractivity contribution is -0.136. The minimum Gasteiger partial charge on any atom is -0.303 e. The summed E-state index contributed by atoms with van der Waals surface area (Å²) in [6, 6.07) is 0. The number of aldehydes is 1. The highest BCUT2D eigenvalue weighted by atomic mass is 32.1. The molecule has 4 nitrogen and oxygen atoms in total. The lowest BCUT2D eigenvalue weighted by Gasteiger charge is -2.11. The standard InChI is InChI=1S/C7H7NO3S/c9-3-1-2-8-6(10)4-5(12)7(8)11/h3-4,12H,1-2H2. The summed E-state index contributed by atoms with van der Waals surface area (Å²) >= 11 is 3.79. The summed E-state index contributed by atoms with van der Waals surface area (Å²) in [5.74, 6) is -0.822. The molecule has 0 fully saturated rings. The van der Waals surface area contributed by atoms with Crippen LogP contribution in [0.5, 0.6) is 0 Å². The Balaban J connectivity index is 2.63. The molecule has 1 aliphatic rings. The average molecular weight is 185 g/mol. The molecule has 0 spiro atoms. The summed E-state index contributed by atoms with van der Waals surface area (Å²) in [5, 5.41) is 0. The van der Waals surface area contributed by atoms with Crippen molar-refractivity contribution >= 4 is 30.7 Å². The molecule has 0 unspecified atom stereocenters.